The fourth-order valence-electron chi connectivity index (χ4n) is 0.978. The van der Waals surface area contributed by atoms with Crippen LogP contribution in [0.15, 0.2) is 18.2 Å². The zero-order chi connectivity index (χ0) is 9.84. The Balaban J connectivity index is 2.83. The van der Waals surface area contributed by atoms with Gasteiger partial charge in [0.25, 0.3) is 0 Å². The molecule has 1 aromatic rings. The second kappa shape index (κ2) is 3.91. The van der Waals surface area contributed by atoms with E-state index >= 15 is 0 Å². The minimum atomic E-state index is -0.541. The molecule has 0 aliphatic heterocycles. The first kappa shape index (κ1) is 9.54. The van der Waals surface area contributed by atoms with Gasteiger partial charge in [-0.05, 0) is 30.7 Å². The third kappa shape index (κ3) is 2.45. The highest BCUT2D eigenvalue weighted by Crippen LogP contribution is 2.19. The van der Waals surface area contributed by atoms with E-state index in [0.29, 0.717) is 5.69 Å². The Bertz CT molecular complexity index is 323. The van der Waals surface area contributed by atoms with Crippen LogP contribution in [0.3, 0.4) is 0 Å². The van der Waals surface area contributed by atoms with Crippen molar-refractivity contribution in [3.8, 4) is 5.75 Å². The van der Waals surface area contributed by atoms with Crippen LogP contribution < -0.4 is 5.32 Å². The number of hydrogen-bond donors (Lipinski definition) is 3. The zero-order valence-corrected chi connectivity index (χ0v) is 7.24. The van der Waals surface area contributed by atoms with Gasteiger partial charge in [-0.3, -0.25) is 4.79 Å². The molecule has 0 spiro atoms. The van der Waals surface area contributed by atoms with Crippen LogP contribution in [0.1, 0.15) is 5.56 Å². The normalized spacial score (nSPS) is 9.69. The molecule has 3 N–H and O–H groups in total. The summed E-state index contributed by atoms with van der Waals surface area (Å²) >= 11 is 0. The summed E-state index contributed by atoms with van der Waals surface area (Å²) in [6.45, 7) is 1.22. The maximum absolute atomic E-state index is 10.8. The van der Waals surface area contributed by atoms with E-state index in [1.807, 2.05) is 0 Å². The summed E-state index contributed by atoms with van der Waals surface area (Å²) in [6, 6.07) is 4.59. The second-order valence-electron chi connectivity index (χ2n) is 2.71. The lowest BCUT2D eigenvalue weighted by Crippen LogP contribution is -2.15. The Labute approximate surface area is 75.8 Å². The molecule has 4 heteroatoms. The highest BCUT2D eigenvalue weighted by Gasteiger charge is 2.02. The lowest BCUT2D eigenvalue weighted by Gasteiger charge is -2.06. The molecule has 0 unspecified atom stereocenters. The Hall–Kier alpha value is -1.55. The molecule has 0 atom stereocenters. The van der Waals surface area contributed by atoms with Crippen molar-refractivity contribution in [1.29, 1.82) is 0 Å². The average molecular weight is 181 g/mol. The molecule has 0 aromatic heterocycles. The van der Waals surface area contributed by atoms with Gasteiger partial charge in [0.05, 0.1) is 0 Å². The summed E-state index contributed by atoms with van der Waals surface area (Å²) in [5, 5.41) is 20.0. The van der Waals surface area contributed by atoms with E-state index in [1.165, 1.54) is 12.1 Å². The van der Waals surface area contributed by atoms with Crippen molar-refractivity contribution in [1.82, 2.24) is 0 Å². The molecule has 1 aromatic carbocycles. The summed E-state index contributed by atoms with van der Waals surface area (Å²) in [5.41, 5.74) is 1.35. The number of rotatable bonds is 2. The van der Waals surface area contributed by atoms with Gasteiger partial charge in [-0.15, -0.1) is 0 Å². The highest BCUT2D eigenvalue weighted by molar-refractivity contribution is 5.92. The molecule has 0 aliphatic rings. The monoisotopic (exact) mass is 181 g/mol. The van der Waals surface area contributed by atoms with E-state index in [-0.39, 0.29) is 5.75 Å². The first-order valence-electron chi connectivity index (χ1n) is 3.84. The number of aliphatic hydroxyl groups excluding tert-OH is 1. The van der Waals surface area contributed by atoms with Gasteiger partial charge in [-0.25, -0.2) is 0 Å². The minimum absolute atomic E-state index is 0.152. The number of carbonyl (C=O) groups excluding carboxylic acids is 1. The molecule has 0 fully saturated rings. The van der Waals surface area contributed by atoms with Crippen molar-refractivity contribution >= 4 is 11.6 Å². The zero-order valence-electron chi connectivity index (χ0n) is 7.24. The standard InChI is InChI=1S/C9H11NO3/c1-6-4-7(12)2-3-8(6)10-9(13)5-11/h2-4,11-12H,5H2,1H3,(H,10,13). The molecular formula is C9H11NO3. The molecule has 13 heavy (non-hydrogen) atoms. The number of aliphatic hydroxyl groups is 1. The van der Waals surface area contributed by atoms with Crippen molar-refractivity contribution in [3.63, 3.8) is 0 Å². The minimum Gasteiger partial charge on any atom is -0.508 e. The predicted molar refractivity (Wildman–Crippen MR) is 48.6 cm³/mol. The van der Waals surface area contributed by atoms with Gasteiger partial charge in [0.2, 0.25) is 5.91 Å². The van der Waals surface area contributed by atoms with Gasteiger partial charge in [0, 0.05) is 5.69 Å². The van der Waals surface area contributed by atoms with E-state index in [9.17, 15) is 4.79 Å². The second-order valence-corrected chi connectivity index (χ2v) is 2.71. The van der Waals surface area contributed by atoms with Crippen molar-refractivity contribution in [2.75, 3.05) is 11.9 Å². The topological polar surface area (TPSA) is 69.6 Å². The molecule has 1 rings (SSSR count). The first-order valence-corrected chi connectivity index (χ1v) is 3.84. The number of anilines is 1. The summed E-state index contributed by atoms with van der Waals surface area (Å²) in [5.74, 6) is -0.312. The molecule has 0 saturated carbocycles. The maximum Gasteiger partial charge on any atom is 0.250 e. The molecular weight excluding hydrogens is 170 g/mol. The molecule has 70 valence electrons. The third-order valence-corrected chi connectivity index (χ3v) is 1.63. The number of benzene rings is 1. The summed E-state index contributed by atoms with van der Waals surface area (Å²) in [7, 11) is 0. The number of carbonyl (C=O) groups is 1. The maximum atomic E-state index is 10.8. The SMILES string of the molecule is Cc1cc(O)ccc1NC(=O)CO. The number of phenols is 1. The lowest BCUT2D eigenvalue weighted by atomic mass is 10.2. The number of amides is 1. The van der Waals surface area contributed by atoms with Gasteiger partial charge in [-0.1, -0.05) is 0 Å². The van der Waals surface area contributed by atoms with Gasteiger partial charge >= 0.3 is 0 Å². The smallest absolute Gasteiger partial charge is 0.250 e. The quantitative estimate of drug-likeness (QED) is 0.586. The lowest BCUT2D eigenvalue weighted by molar-refractivity contribution is -0.118. The van der Waals surface area contributed by atoms with Gasteiger partial charge in [0.15, 0.2) is 0 Å². The van der Waals surface area contributed by atoms with Crippen LogP contribution in [-0.4, -0.2) is 22.7 Å². The molecule has 0 bridgehead atoms. The van der Waals surface area contributed by atoms with E-state index in [1.54, 1.807) is 13.0 Å². The van der Waals surface area contributed by atoms with Gasteiger partial charge in [-0.2, -0.15) is 0 Å². The number of nitrogens with one attached hydrogen (secondary N) is 1. The van der Waals surface area contributed by atoms with Crippen LogP contribution in [0.2, 0.25) is 0 Å². The summed E-state index contributed by atoms with van der Waals surface area (Å²) < 4.78 is 0. The number of hydrogen-bond acceptors (Lipinski definition) is 3. The van der Waals surface area contributed by atoms with Gasteiger partial charge < -0.3 is 15.5 Å². The molecule has 0 aliphatic carbocycles. The van der Waals surface area contributed by atoms with E-state index < -0.39 is 12.5 Å². The number of phenolic OH excluding ortho intramolecular Hbond substituents is 1. The van der Waals surface area contributed by atoms with Gasteiger partial charge in [0.1, 0.15) is 12.4 Å². The summed E-state index contributed by atoms with van der Waals surface area (Å²) in [6.07, 6.45) is 0. The van der Waals surface area contributed by atoms with Crippen molar-refractivity contribution in [2.45, 2.75) is 6.92 Å². The third-order valence-electron chi connectivity index (χ3n) is 1.63. The molecule has 0 saturated heterocycles. The van der Waals surface area contributed by atoms with Crippen LogP contribution >= 0.6 is 0 Å². The Morgan fingerprint density at radius 2 is 2.23 bits per heavy atom. The van der Waals surface area contributed by atoms with Crippen LogP contribution in [0.5, 0.6) is 5.75 Å². The molecule has 0 heterocycles. The van der Waals surface area contributed by atoms with Crippen molar-refractivity contribution in [2.24, 2.45) is 0 Å². The number of aromatic hydroxyl groups is 1. The first-order chi connectivity index (χ1) is 6.13. The Morgan fingerprint density at radius 3 is 2.77 bits per heavy atom. The Kier molecular flexibility index (Phi) is 2.87. The van der Waals surface area contributed by atoms with E-state index in [4.69, 9.17) is 10.2 Å². The van der Waals surface area contributed by atoms with Crippen LogP contribution in [-0.2, 0) is 4.79 Å². The highest BCUT2D eigenvalue weighted by atomic mass is 16.3. The fraction of sp³-hybridized carbons (Fsp3) is 0.222. The van der Waals surface area contributed by atoms with Crippen molar-refractivity contribution < 1.29 is 15.0 Å². The van der Waals surface area contributed by atoms with E-state index in [0.717, 1.165) is 5.56 Å². The fourth-order valence-corrected chi connectivity index (χ4v) is 0.978. The summed E-state index contributed by atoms with van der Waals surface area (Å²) in [4.78, 5) is 10.8. The predicted octanol–water partition coefficient (Wildman–Crippen LogP) is 0.631. The largest absolute Gasteiger partial charge is 0.508 e. The van der Waals surface area contributed by atoms with Crippen LogP contribution in [0, 0.1) is 6.92 Å². The van der Waals surface area contributed by atoms with Crippen LogP contribution in [0.4, 0.5) is 5.69 Å². The average Bonchev–Trinajstić information content (AvgIpc) is 2.09. The van der Waals surface area contributed by atoms with E-state index in [2.05, 4.69) is 5.32 Å². The molecule has 1 amide bonds. The Morgan fingerprint density at radius 1 is 1.54 bits per heavy atom. The molecule has 4 nitrogen and oxygen atoms in total. The molecule has 0 radical (unpaired) electrons. The number of aryl methyl sites for hydroxylation is 1. The van der Waals surface area contributed by atoms with Crippen LogP contribution in [0.25, 0.3) is 0 Å². The van der Waals surface area contributed by atoms with Crippen molar-refractivity contribution in [3.05, 3.63) is 23.8 Å².